The Kier molecular flexibility index (Phi) is 6.91. The summed E-state index contributed by atoms with van der Waals surface area (Å²) in [6.07, 6.45) is -4.66. The van der Waals surface area contributed by atoms with Crippen LogP contribution in [0.1, 0.15) is 21.5 Å². The number of hydrazone groups is 1. The SMILES string of the molecule is O=C(O)c1cccc(-c2cccc(NN=C3C(=O)N(c4ccc(Cl)c(Cl)c4)c4cc(C(F)(F)F)ccc43)c2O)c1. The zero-order valence-corrected chi connectivity index (χ0v) is 21.5. The fourth-order valence-corrected chi connectivity index (χ4v) is 4.51. The molecule has 0 saturated carbocycles. The summed E-state index contributed by atoms with van der Waals surface area (Å²) in [5.41, 5.74) is 2.45. The van der Waals surface area contributed by atoms with Gasteiger partial charge in [0.2, 0.25) is 0 Å². The molecule has 0 fully saturated rings. The number of hydrogen-bond acceptors (Lipinski definition) is 5. The molecular weight excluding hydrogens is 570 g/mol. The number of rotatable bonds is 5. The second-order valence-corrected chi connectivity index (χ2v) is 9.44. The molecule has 0 aromatic heterocycles. The Morgan fingerprint density at radius 2 is 1.65 bits per heavy atom. The maximum absolute atomic E-state index is 13.5. The maximum atomic E-state index is 13.5. The second kappa shape index (κ2) is 10.2. The lowest BCUT2D eigenvalue weighted by Gasteiger charge is -2.18. The highest BCUT2D eigenvalue weighted by Gasteiger charge is 2.39. The van der Waals surface area contributed by atoms with Gasteiger partial charge in [-0.15, -0.1) is 0 Å². The van der Waals surface area contributed by atoms with Gasteiger partial charge in [-0.05, 0) is 60.2 Å². The van der Waals surface area contributed by atoms with Gasteiger partial charge in [-0.3, -0.25) is 15.1 Å². The van der Waals surface area contributed by atoms with Gasteiger partial charge in [0.25, 0.3) is 5.91 Å². The molecule has 12 heteroatoms. The van der Waals surface area contributed by atoms with E-state index in [1.54, 1.807) is 18.2 Å². The molecule has 1 aliphatic heterocycles. The number of fused-ring (bicyclic) bond motifs is 1. The van der Waals surface area contributed by atoms with Crippen LogP contribution in [0.2, 0.25) is 10.0 Å². The first-order chi connectivity index (χ1) is 19.0. The van der Waals surface area contributed by atoms with E-state index in [4.69, 9.17) is 23.2 Å². The van der Waals surface area contributed by atoms with Crippen LogP contribution in [0.5, 0.6) is 5.75 Å². The van der Waals surface area contributed by atoms with Crippen molar-refractivity contribution >= 4 is 57.9 Å². The molecule has 0 atom stereocenters. The molecule has 3 N–H and O–H groups in total. The molecule has 0 aliphatic carbocycles. The molecule has 4 aromatic carbocycles. The average molecular weight is 586 g/mol. The van der Waals surface area contributed by atoms with Gasteiger partial charge in [0.15, 0.2) is 5.71 Å². The van der Waals surface area contributed by atoms with E-state index in [0.29, 0.717) is 11.1 Å². The Hall–Kier alpha value is -4.54. The third-order valence-corrected chi connectivity index (χ3v) is 6.87. The number of aromatic hydroxyl groups is 1. The molecule has 0 saturated heterocycles. The lowest BCUT2D eigenvalue weighted by atomic mass is 10.0. The molecule has 1 amide bonds. The van der Waals surface area contributed by atoms with E-state index in [1.165, 1.54) is 42.5 Å². The van der Waals surface area contributed by atoms with E-state index < -0.39 is 23.6 Å². The monoisotopic (exact) mass is 585 g/mol. The predicted molar refractivity (Wildman–Crippen MR) is 146 cm³/mol. The zero-order chi connectivity index (χ0) is 28.8. The van der Waals surface area contributed by atoms with Crippen molar-refractivity contribution in [1.29, 1.82) is 0 Å². The fourth-order valence-electron chi connectivity index (χ4n) is 4.21. The first kappa shape index (κ1) is 27.0. The predicted octanol–water partition coefficient (Wildman–Crippen LogP) is 7.58. The number of phenols is 1. The van der Waals surface area contributed by atoms with E-state index in [1.807, 2.05) is 0 Å². The van der Waals surface area contributed by atoms with Gasteiger partial charge in [0.1, 0.15) is 5.75 Å². The summed E-state index contributed by atoms with van der Waals surface area (Å²) in [4.78, 5) is 25.9. The molecule has 7 nitrogen and oxygen atoms in total. The number of aromatic carboxylic acids is 1. The van der Waals surface area contributed by atoms with Crippen molar-refractivity contribution in [2.45, 2.75) is 6.18 Å². The number of anilines is 3. The summed E-state index contributed by atoms with van der Waals surface area (Å²) in [6, 6.07) is 17.6. The topological polar surface area (TPSA) is 102 Å². The van der Waals surface area contributed by atoms with Gasteiger partial charge in [0.05, 0.1) is 38.2 Å². The first-order valence-electron chi connectivity index (χ1n) is 11.5. The Morgan fingerprint density at radius 3 is 2.35 bits per heavy atom. The number of carboxylic acid groups (broad SMARTS) is 1. The molecule has 0 bridgehead atoms. The second-order valence-electron chi connectivity index (χ2n) is 8.63. The van der Waals surface area contributed by atoms with Crippen LogP contribution in [0.25, 0.3) is 11.1 Å². The third kappa shape index (κ3) is 4.94. The number of halogens is 5. The molecule has 40 heavy (non-hydrogen) atoms. The highest BCUT2D eigenvalue weighted by molar-refractivity contribution is 6.56. The number of alkyl halides is 3. The van der Waals surface area contributed by atoms with E-state index in [9.17, 15) is 33.0 Å². The molecule has 1 aliphatic rings. The molecule has 0 spiro atoms. The van der Waals surface area contributed by atoms with Crippen molar-refractivity contribution in [3.8, 4) is 16.9 Å². The van der Waals surface area contributed by atoms with Crippen molar-refractivity contribution in [3.05, 3.63) is 106 Å². The van der Waals surface area contributed by atoms with Gasteiger partial charge in [-0.25, -0.2) is 4.79 Å². The van der Waals surface area contributed by atoms with Crippen molar-refractivity contribution in [1.82, 2.24) is 0 Å². The van der Waals surface area contributed by atoms with Crippen LogP contribution in [-0.4, -0.2) is 27.8 Å². The maximum Gasteiger partial charge on any atom is 0.416 e. The minimum absolute atomic E-state index is 0.0179. The number of carbonyl (C=O) groups excluding carboxylic acids is 1. The summed E-state index contributed by atoms with van der Waals surface area (Å²) in [7, 11) is 0. The number of nitrogens with zero attached hydrogens (tertiary/aromatic N) is 2. The van der Waals surface area contributed by atoms with Crippen molar-refractivity contribution < 1.29 is 33.0 Å². The number of amides is 1. The summed E-state index contributed by atoms with van der Waals surface area (Å²) in [5, 5.41) is 24.6. The van der Waals surface area contributed by atoms with E-state index in [2.05, 4.69) is 10.5 Å². The highest BCUT2D eigenvalue weighted by atomic mass is 35.5. The number of phenolic OH excluding ortho intramolecular Hbond substituents is 1. The van der Waals surface area contributed by atoms with Crippen molar-refractivity contribution in [2.24, 2.45) is 5.10 Å². The largest absolute Gasteiger partial charge is 0.505 e. The quantitative estimate of drug-likeness (QED) is 0.165. The zero-order valence-electron chi connectivity index (χ0n) is 20.0. The standard InChI is InChI=1S/C28H16Cl2F3N3O4/c29-20-10-8-17(13-21(20)30)36-23-12-16(28(31,32)33)7-9-19(23)24(26(36)38)35-34-22-6-2-5-18(25(22)37)14-3-1-4-15(11-14)27(39)40/h1-13,34,37H,(H,39,40). The Balaban J connectivity index is 1.56. The smallest absolute Gasteiger partial charge is 0.416 e. The number of nitrogens with one attached hydrogen (secondary N) is 1. The lowest BCUT2D eigenvalue weighted by molar-refractivity contribution is -0.137. The summed E-state index contributed by atoms with van der Waals surface area (Å²) in [6.45, 7) is 0. The normalized spacial score (nSPS) is 14.0. The number of carboxylic acids is 1. The minimum atomic E-state index is -4.66. The fraction of sp³-hybridized carbons (Fsp3) is 0.0357. The number of hydrogen-bond donors (Lipinski definition) is 3. The molecule has 0 radical (unpaired) electrons. The molecular formula is C28H16Cl2F3N3O4. The number of para-hydroxylation sites is 1. The lowest BCUT2D eigenvalue weighted by Crippen LogP contribution is -2.26. The summed E-state index contributed by atoms with van der Waals surface area (Å²) >= 11 is 12.1. The molecule has 202 valence electrons. The highest BCUT2D eigenvalue weighted by Crippen LogP contribution is 2.42. The third-order valence-electron chi connectivity index (χ3n) is 6.13. The van der Waals surface area contributed by atoms with Gasteiger partial charge in [0, 0.05) is 11.1 Å². The van der Waals surface area contributed by atoms with Crippen LogP contribution in [0, 0.1) is 0 Å². The summed E-state index contributed by atoms with van der Waals surface area (Å²) in [5.74, 6) is -2.17. The number of carbonyl (C=O) groups is 2. The molecule has 0 unspecified atom stereocenters. The van der Waals surface area contributed by atoms with Crippen LogP contribution in [0.4, 0.5) is 30.2 Å². The van der Waals surface area contributed by atoms with Crippen LogP contribution in [0.3, 0.4) is 0 Å². The molecule has 4 aromatic rings. The Labute approximate surface area is 234 Å². The summed E-state index contributed by atoms with van der Waals surface area (Å²) < 4.78 is 40.5. The van der Waals surface area contributed by atoms with E-state index >= 15 is 0 Å². The van der Waals surface area contributed by atoms with Gasteiger partial charge in [-0.1, -0.05) is 47.5 Å². The van der Waals surface area contributed by atoms with E-state index in [0.717, 1.165) is 23.1 Å². The Bertz CT molecular complexity index is 1720. The van der Waals surface area contributed by atoms with Gasteiger partial charge >= 0.3 is 12.1 Å². The van der Waals surface area contributed by atoms with Crippen molar-refractivity contribution in [2.75, 3.05) is 10.3 Å². The van der Waals surface area contributed by atoms with Crippen LogP contribution >= 0.6 is 23.2 Å². The number of benzene rings is 4. The minimum Gasteiger partial charge on any atom is -0.505 e. The van der Waals surface area contributed by atoms with E-state index in [-0.39, 0.29) is 49.7 Å². The van der Waals surface area contributed by atoms with Crippen LogP contribution in [0.15, 0.2) is 84.0 Å². The first-order valence-corrected chi connectivity index (χ1v) is 12.2. The van der Waals surface area contributed by atoms with Crippen molar-refractivity contribution in [3.63, 3.8) is 0 Å². The van der Waals surface area contributed by atoms with Crippen LogP contribution in [-0.2, 0) is 11.0 Å². The molecule has 1 heterocycles. The Morgan fingerprint density at radius 1 is 0.900 bits per heavy atom. The van der Waals surface area contributed by atoms with Crippen LogP contribution < -0.4 is 10.3 Å². The average Bonchev–Trinajstić information content (AvgIpc) is 3.19. The van der Waals surface area contributed by atoms with Gasteiger partial charge in [-0.2, -0.15) is 18.3 Å². The molecule has 5 rings (SSSR count). The van der Waals surface area contributed by atoms with Gasteiger partial charge < -0.3 is 10.2 Å².